The molecular formula is C20H17NO2. The zero-order valence-electron chi connectivity index (χ0n) is 13.1. The first-order chi connectivity index (χ1) is 11.0. The van der Waals surface area contributed by atoms with Crippen LogP contribution in [0.5, 0.6) is 0 Å². The molecule has 0 fully saturated rings. The normalized spacial score (nSPS) is 10.3. The van der Waals surface area contributed by atoms with Crippen LogP contribution in [0.15, 0.2) is 54.6 Å². The minimum absolute atomic E-state index is 0.0561. The summed E-state index contributed by atoms with van der Waals surface area (Å²) in [6.07, 6.45) is 8.57. The average molecular weight is 303 g/mol. The number of amides is 1. The van der Waals surface area contributed by atoms with E-state index in [-0.39, 0.29) is 11.7 Å². The van der Waals surface area contributed by atoms with Crippen molar-refractivity contribution in [2.24, 2.45) is 0 Å². The number of carbonyl (C=O) groups is 2. The molecule has 0 aliphatic carbocycles. The van der Waals surface area contributed by atoms with Crippen LogP contribution in [0.4, 0.5) is 5.69 Å². The molecule has 0 atom stereocenters. The number of allylic oxidation sites excluding steroid dienone is 1. The SMILES string of the molecule is C#Cc1ccc(C=CC(=O)c2ccc(N(C)C(C)=O)cc2)cc1. The van der Waals surface area contributed by atoms with Crippen LogP contribution in [0.2, 0.25) is 0 Å². The highest BCUT2D eigenvalue weighted by Gasteiger charge is 2.07. The summed E-state index contributed by atoms with van der Waals surface area (Å²) in [6, 6.07) is 14.3. The van der Waals surface area contributed by atoms with E-state index < -0.39 is 0 Å². The van der Waals surface area contributed by atoms with Crippen LogP contribution in [0.3, 0.4) is 0 Å². The van der Waals surface area contributed by atoms with E-state index in [9.17, 15) is 9.59 Å². The third-order valence-electron chi connectivity index (χ3n) is 3.52. The van der Waals surface area contributed by atoms with Gasteiger partial charge in [0.15, 0.2) is 5.78 Å². The van der Waals surface area contributed by atoms with Crippen LogP contribution in [-0.4, -0.2) is 18.7 Å². The van der Waals surface area contributed by atoms with Crippen LogP contribution < -0.4 is 4.90 Å². The van der Waals surface area contributed by atoms with Gasteiger partial charge < -0.3 is 4.90 Å². The van der Waals surface area contributed by atoms with E-state index >= 15 is 0 Å². The molecule has 0 spiro atoms. The predicted octanol–water partition coefficient (Wildman–Crippen LogP) is 3.55. The lowest BCUT2D eigenvalue weighted by molar-refractivity contribution is -0.116. The van der Waals surface area contributed by atoms with Crippen molar-refractivity contribution >= 4 is 23.5 Å². The molecule has 3 nitrogen and oxygen atoms in total. The molecule has 2 aromatic rings. The Kier molecular flexibility index (Phi) is 5.11. The summed E-state index contributed by atoms with van der Waals surface area (Å²) in [6.45, 7) is 1.49. The van der Waals surface area contributed by atoms with Gasteiger partial charge in [0, 0.05) is 30.8 Å². The molecule has 0 heterocycles. The quantitative estimate of drug-likeness (QED) is 0.492. The molecular weight excluding hydrogens is 286 g/mol. The maximum absolute atomic E-state index is 12.2. The number of hydrogen-bond acceptors (Lipinski definition) is 2. The molecule has 0 bridgehead atoms. The summed E-state index contributed by atoms with van der Waals surface area (Å²) in [7, 11) is 1.69. The zero-order chi connectivity index (χ0) is 16.8. The second kappa shape index (κ2) is 7.24. The molecule has 0 aromatic heterocycles. The van der Waals surface area contributed by atoms with Crippen LogP contribution in [0.1, 0.15) is 28.4 Å². The number of ketones is 1. The number of rotatable bonds is 4. The van der Waals surface area contributed by atoms with Crippen molar-refractivity contribution in [3.63, 3.8) is 0 Å². The molecule has 0 aliphatic rings. The van der Waals surface area contributed by atoms with Gasteiger partial charge in [-0.25, -0.2) is 0 Å². The number of terminal acetylenes is 1. The second-order valence-electron chi connectivity index (χ2n) is 5.09. The van der Waals surface area contributed by atoms with Crippen molar-refractivity contribution in [3.8, 4) is 12.3 Å². The lowest BCUT2D eigenvalue weighted by Gasteiger charge is -2.14. The van der Waals surface area contributed by atoms with E-state index in [4.69, 9.17) is 6.42 Å². The van der Waals surface area contributed by atoms with Crippen LogP contribution in [0, 0.1) is 12.3 Å². The Balaban J connectivity index is 2.09. The molecule has 23 heavy (non-hydrogen) atoms. The van der Waals surface area contributed by atoms with Gasteiger partial charge in [0.25, 0.3) is 0 Å². The van der Waals surface area contributed by atoms with Gasteiger partial charge in [-0.1, -0.05) is 24.1 Å². The number of benzene rings is 2. The van der Waals surface area contributed by atoms with Gasteiger partial charge in [0.1, 0.15) is 0 Å². The van der Waals surface area contributed by atoms with E-state index in [2.05, 4.69) is 5.92 Å². The summed E-state index contributed by atoms with van der Waals surface area (Å²) < 4.78 is 0. The minimum Gasteiger partial charge on any atom is -0.316 e. The number of carbonyl (C=O) groups excluding carboxylic acids is 2. The van der Waals surface area contributed by atoms with Gasteiger partial charge in [0.2, 0.25) is 5.91 Å². The molecule has 0 saturated heterocycles. The first-order valence-electron chi connectivity index (χ1n) is 7.14. The van der Waals surface area contributed by atoms with Gasteiger partial charge in [-0.3, -0.25) is 9.59 Å². The molecule has 0 unspecified atom stereocenters. The summed E-state index contributed by atoms with van der Waals surface area (Å²) in [5, 5.41) is 0. The summed E-state index contributed by atoms with van der Waals surface area (Å²) >= 11 is 0. The van der Waals surface area contributed by atoms with E-state index in [1.165, 1.54) is 17.9 Å². The number of anilines is 1. The highest BCUT2D eigenvalue weighted by atomic mass is 16.2. The lowest BCUT2D eigenvalue weighted by atomic mass is 10.1. The van der Waals surface area contributed by atoms with Crippen molar-refractivity contribution in [1.29, 1.82) is 0 Å². The molecule has 2 rings (SSSR count). The first kappa shape index (κ1) is 16.3. The molecule has 2 aromatic carbocycles. The van der Waals surface area contributed by atoms with Crippen LogP contribution >= 0.6 is 0 Å². The lowest BCUT2D eigenvalue weighted by Crippen LogP contribution is -2.22. The fourth-order valence-electron chi connectivity index (χ4n) is 1.99. The molecule has 0 radical (unpaired) electrons. The maximum atomic E-state index is 12.2. The van der Waals surface area contributed by atoms with Crippen LogP contribution in [-0.2, 0) is 4.79 Å². The van der Waals surface area contributed by atoms with Crippen molar-refractivity contribution < 1.29 is 9.59 Å². The highest BCUT2D eigenvalue weighted by Crippen LogP contribution is 2.15. The van der Waals surface area contributed by atoms with Crippen molar-refractivity contribution in [1.82, 2.24) is 0 Å². The van der Waals surface area contributed by atoms with Gasteiger partial charge in [0.05, 0.1) is 0 Å². The van der Waals surface area contributed by atoms with Gasteiger partial charge >= 0.3 is 0 Å². The van der Waals surface area contributed by atoms with Gasteiger partial charge in [-0.2, -0.15) is 0 Å². The summed E-state index contributed by atoms with van der Waals surface area (Å²) in [4.78, 5) is 25.0. The monoisotopic (exact) mass is 303 g/mol. The van der Waals surface area contributed by atoms with E-state index in [1.807, 2.05) is 24.3 Å². The van der Waals surface area contributed by atoms with Crippen LogP contribution in [0.25, 0.3) is 6.08 Å². The van der Waals surface area contributed by atoms with E-state index in [0.29, 0.717) is 5.56 Å². The molecule has 0 N–H and O–H groups in total. The Morgan fingerprint density at radius 1 is 1.04 bits per heavy atom. The topological polar surface area (TPSA) is 37.4 Å². The van der Waals surface area contributed by atoms with Crippen molar-refractivity contribution in [2.75, 3.05) is 11.9 Å². The number of hydrogen-bond donors (Lipinski definition) is 0. The van der Waals surface area contributed by atoms with Gasteiger partial charge in [-0.05, 0) is 48.0 Å². The Hall–Kier alpha value is -3.12. The molecule has 114 valence electrons. The fourth-order valence-corrected chi connectivity index (χ4v) is 1.99. The third kappa shape index (κ3) is 4.18. The smallest absolute Gasteiger partial charge is 0.223 e. The Morgan fingerprint density at radius 2 is 1.65 bits per heavy atom. The summed E-state index contributed by atoms with van der Waals surface area (Å²) in [5.41, 5.74) is 3.04. The molecule has 0 saturated carbocycles. The summed E-state index contributed by atoms with van der Waals surface area (Å²) in [5.74, 6) is 2.40. The highest BCUT2D eigenvalue weighted by molar-refractivity contribution is 6.07. The Labute approximate surface area is 136 Å². The van der Waals surface area contributed by atoms with Crippen molar-refractivity contribution in [3.05, 3.63) is 71.3 Å². The van der Waals surface area contributed by atoms with Crippen molar-refractivity contribution in [2.45, 2.75) is 6.92 Å². The van der Waals surface area contributed by atoms with E-state index in [1.54, 1.807) is 37.4 Å². The average Bonchev–Trinajstić information content (AvgIpc) is 2.59. The maximum Gasteiger partial charge on any atom is 0.223 e. The Morgan fingerprint density at radius 3 is 2.17 bits per heavy atom. The standard InChI is InChI=1S/C20H17NO2/c1-4-16-5-7-17(8-6-16)9-14-20(23)18-10-12-19(13-11-18)21(3)15(2)22/h1,5-14H,2-3H3. The van der Waals surface area contributed by atoms with E-state index in [0.717, 1.165) is 16.8 Å². The molecule has 0 aliphatic heterocycles. The largest absolute Gasteiger partial charge is 0.316 e. The first-order valence-corrected chi connectivity index (χ1v) is 7.14. The van der Waals surface area contributed by atoms with Gasteiger partial charge in [-0.15, -0.1) is 6.42 Å². The minimum atomic E-state index is -0.0944. The molecule has 1 amide bonds. The number of nitrogens with zero attached hydrogens (tertiary/aromatic N) is 1. The second-order valence-corrected chi connectivity index (χ2v) is 5.09. The fraction of sp³-hybridized carbons (Fsp3) is 0.100. The zero-order valence-corrected chi connectivity index (χ0v) is 13.1. The Bertz CT molecular complexity index is 778. The molecule has 3 heteroatoms. The third-order valence-corrected chi connectivity index (χ3v) is 3.52. The predicted molar refractivity (Wildman–Crippen MR) is 93.3 cm³/mol.